The van der Waals surface area contributed by atoms with Crippen molar-refractivity contribution in [1.29, 1.82) is 0 Å². The number of pyridine rings is 1. The topological polar surface area (TPSA) is 133 Å². The Kier molecular flexibility index (Phi) is 7.10. The number of nitrogens with two attached hydrogens (primary N) is 4. The molecule has 8 nitrogen and oxygen atoms in total. The minimum Gasteiger partial charge on any atom is -0.489 e. The standard InChI is InChI=1S/C24H39N7O/c1-30(27)21(15-31(28)14-18(25)13-16-7-8-16)23(26)20-11-12-22(24(29-20)17-9-10-17)32-19-5-3-2-4-6-19/h11-12,14,16-17,19H,2-10,13,15,25-28H2,1H3/b18-14-,23-21-. The minimum atomic E-state index is 0.297. The van der Waals surface area contributed by atoms with Gasteiger partial charge in [0.05, 0.1) is 35.4 Å². The molecule has 0 saturated heterocycles. The summed E-state index contributed by atoms with van der Waals surface area (Å²) in [7, 11) is 1.76. The van der Waals surface area contributed by atoms with Crippen LogP contribution in [0.3, 0.4) is 0 Å². The lowest BCUT2D eigenvalue weighted by Gasteiger charge is -2.25. The molecule has 176 valence electrons. The predicted molar refractivity (Wildman–Crippen MR) is 127 cm³/mol. The second-order valence-corrected chi connectivity index (χ2v) is 9.73. The van der Waals surface area contributed by atoms with Crippen molar-refractivity contribution in [2.45, 2.75) is 76.2 Å². The van der Waals surface area contributed by atoms with Gasteiger partial charge in [-0.2, -0.15) is 0 Å². The first kappa shape index (κ1) is 22.7. The molecule has 3 aliphatic carbocycles. The Morgan fingerprint density at radius 3 is 2.41 bits per heavy atom. The van der Waals surface area contributed by atoms with Crippen LogP contribution in [-0.4, -0.2) is 34.7 Å². The first-order valence-corrected chi connectivity index (χ1v) is 12.0. The molecule has 1 aromatic heterocycles. The second-order valence-electron chi connectivity index (χ2n) is 9.73. The molecule has 3 aliphatic rings. The zero-order valence-electron chi connectivity index (χ0n) is 19.3. The lowest BCUT2D eigenvalue weighted by Crippen LogP contribution is -2.38. The van der Waals surface area contributed by atoms with Gasteiger partial charge in [0.2, 0.25) is 0 Å². The van der Waals surface area contributed by atoms with Crippen LogP contribution in [0.5, 0.6) is 5.75 Å². The maximum Gasteiger partial charge on any atom is 0.141 e. The zero-order valence-corrected chi connectivity index (χ0v) is 19.3. The third kappa shape index (κ3) is 6.07. The van der Waals surface area contributed by atoms with E-state index < -0.39 is 0 Å². The van der Waals surface area contributed by atoms with E-state index in [1.54, 1.807) is 18.3 Å². The van der Waals surface area contributed by atoms with E-state index in [4.69, 9.17) is 32.9 Å². The van der Waals surface area contributed by atoms with Crippen LogP contribution in [0.1, 0.15) is 81.5 Å². The summed E-state index contributed by atoms with van der Waals surface area (Å²) in [6.07, 6.45) is 13.8. The van der Waals surface area contributed by atoms with E-state index in [2.05, 4.69) is 0 Å². The molecule has 4 rings (SSSR count). The molecule has 3 saturated carbocycles. The van der Waals surface area contributed by atoms with Gasteiger partial charge in [-0.3, -0.25) is 0 Å². The summed E-state index contributed by atoms with van der Waals surface area (Å²) >= 11 is 0. The first-order valence-electron chi connectivity index (χ1n) is 12.0. The molecule has 8 heteroatoms. The fourth-order valence-electron chi connectivity index (χ4n) is 4.40. The molecule has 3 fully saturated rings. The molecule has 0 unspecified atom stereocenters. The van der Waals surface area contributed by atoms with Gasteiger partial charge < -0.3 is 26.2 Å². The quantitative estimate of drug-likeness (QED) is 0.322. The lowest BCUT2D eigenvalue weighted by atomic mass is 9.98. The largest absolute Gasteiger partial charge is 0.489 e. The number of allylic oxidation sites excluding steroid dienone is 1. The number of likely N-dealkylation sites (N-methyl/N-ethyl adjacent to an activating group) is 1. The molecular weight excluding hydrogens is 402 g/mol. The molecule has 0 spiro atoms. The van der Waals surface area contributed by atoms with Gasteiger partial charge in [0.15, 0.2) is 0 Å². The number of ether oxygens (including phenoxy) is 1. The minimum absolute atomic E-state index is 0.297. The summed E-state index contributed by atoms with van der Waals surface area (Å²) in [5, 5.41) is 3.05. The smallest absolute Gasteiger partial charge is 0.141 e. The highest BCUT2D eigenvalue weighted by atomic mass is 16.5. The van der Waals surface area contributed by atoms with Gasteiger partial charge in [-0.05, 0) is 75.8 Å². The fraction of sp³-hybridized carbons (Fsp3) is 0.625. The van der Waals surface area contributed by atoms with Crippen LogP contribution in [-0.2, 0) is 0 Å². The number of hydrogen-bond donors (Lipinski definition) is 4. The van der Waals surface area contributed by atoms with Gasteiger partial charge in [0.25, 0.3) is 0 Å². The first-order chi connectivity index (χ1) is 15.4. The number of rotatable bonds is 10. The van der Waals surface area contributed by atoms with Crippen LogP contribution in [0.2, 0.25) is 0 Å². The van der Waals surface area contributed by atoms with Crippen molar-refractivity contribution < 1.29 is 4.74 Å². The molecule has 1 aromatic rings. The third-order valence-corrected chi connectivity index (χ3v) is 6.59. The molecular formula is C24H39N7O. The third-order valence-electron chi connectivity index (χ3n) is 6.59. The summed E-state index contributed by atoms with van der Waals surface area (Å²) in [5.74, 6) is 14.4. The van der Waals surface area contributed by atoms with Gasteiger partial charge >= 0.3 is 0 Å². The van der Waals surface area contributed by atoms with E-state index in [-0.39, 0.29) is 0 Å². The number of hydrazine groups is 2. The summed E-state index contributed by atoms with van der Waals surface area (Å²) < 4.78 is 6.37. The average molecular weight is 442 g/mol. The Hall–Kier alpha value is -2.45. The lowest BCUT2D eigenvalue weighted by molar-refractivity contribution is 0.153. The van der Waals surface area contributed by atoms with Crippen molar-refractivity contribution in [3.63, 3.8) is 0 Å². The van der Waals surface area contributed by atoms with E-state index in [0.717, 1.165) is 49.2 Å². The maximum atomic E-state index is 6.55. The van der Waals surface area contributed by atoms with Crippen LogP contribution in [0, 0.1) is 5.92 Å². The van der Waals surface area contributed by atoms with Crippen molar-refractivity contribution in [3.05, 3.63) is 41.1 Å². The number of aromatic nitrogens is 1. The SMILES string of the molecule is CN(N)/C(CN(N)/C=C(\N)CC1CC1)=C(\N)c1ccc(OC2CCCCC2)c(C2CC2)n1. The van der Waals surface area contributed by atoms with Crippen molar-refractivity contribution in [2.75, 3.05) is 13.6 Å². The Labute approximate surface area is 191 Å². The van der Waals surface area contributed by atoms with Crippen LogP contribution in [0.15, 0.2) is 29.7 Å². The monoisotopic (exact) mass is 441 g/mol. The Balaban J connectivity index is 1.52. The molecule has 8 N–H and O–H groups in total. The normalized spacial score (nSPS) is 20.7. The summed E-state index contributed by atoms with van der Waals surface area (Å²) in [5.41, 5.74) is 16.4. The van der Waals surface area contributed by atoms with Gasteiger partial charge in [0, 0.05) is 24.9 Å². The molecule has 0 atom stereocenters. The van der Waals surface area contributed by atoms with Crippen molar-refractivity contribution in [2.24, 2.45) is 29.1 Å². The van der Waals surface area contributed by atoms with E-state index in [9.17, 15) is 0 Å². The van der Waals surface area contributed by atoms with E-state index >= 15 is 0 Å². The highest BCUT2D eigenvalue weighted by Gasteiger charge is 2.30. The maximum absolute atomic E-state index is 6.55. The second kappa shape index (κ2) is 10.0. The van der Waals surface area contributed by atoms with Crippen LogP contribution < -0.4 is 27.9 Å². The molecule has 0 amide bonds. The van der Waals surface area contributed by atoms with E-state index in [0.29, 0.717) is 41.6 Å². The number of nitrogens with zero attached hydrogens (tertiary/aromatic N) is 3. The molecule has 0 radical (unpaired) electrons. The highest BCUT2D eigenvalue weighted by molar-refractivity contribution is 5.64. The summed E-state index contributed by atoms with van der Waals surface area (Å²) in [4.78, 5) is 4.93. The fourth-order valence-corrected chi connectivity index (χ4v) is 4.40. The number of hydrogen-bond acceptors (Lipinski definition) is 8. The summed E-state index contributed by atoms with van der Waals surface area (Å²) in [6.45, 7) is 0.338. The van der Waals surface area contributed by atoms with Crippen molar-refractivity contribution in [1.82, 2.24) is 15.0 Å². The van der Waals surface area contributed by atoms with Crippen LogP contribution in [0.4, 0.5) is 0 Å². The zero-order chi connectivity index (χ0) is 22.7. The van der Waals surface area contributed by atoms with Crippen molar-refractivity contribution in [3.8, 4) is 5.75 Å². The highest BCUT2D eigenvalue weighted by Crippen LogP contribution is 2.44. The van der Waals surface area contributed by atoms with Gasteiger partial charge in [0.1, 0.15) is 5.75 Å². The van der Waals surface area contributed by atoms with Crippen molar-refractivity contribution >= 4 is 5.70 Å². The Morgan fingerprint density at radius 1 is 1.06 bits per heavy atom. The van der Waals surface area contributed by atoms with Gasteiger partial charge in [-0.15, -0.1) is 0 Å². The molecule has 0 bridgehead atoms. The van der Waals surface area contributed by atoms with E-state index in [1.807, 2.05) is 12.1 Å². The molecule has 0 aromatic carbocycles. The van der Waals surface area contributed by atoms with Crippen LogP contribution >= 0.6 is 0 Å². The summed E-state index contributed by atoms with van der Waals surface area (Å²) in [6, 6.07) is 3.96. The molecule has 1 heterocycles. The average Bonchev–Trinajstić information content (AvgIpc) is 3.67. The molecule has 32 heavy (non-hydrogen) atoms. The Morgan fingerprint density at radius 2 is 1.78 bits per heavy atom. The van der Waals surface area contributed by atoms with Crippen LogP contribution in [0.25, 0.3) is 5.70 Å². The predicted octanol–water partition coefficient (Wildman–Crippen LogP) is 2.88. The van der Waals surface area contributed by atoms with E-state index in [1.165, 1.54) is 37.1 Å². The van der Waals surface area contributed by atoms with Gasteiger partial charge in [-0.25, -0.2) is 16.7 Å². The molecule has 0 aliphatic heterocycles. The van der Waals surface area contributed by atoms with Gasteiger partial charge in [-0.1, -0.05) is 6.42 Å². The Bertz CT molecular complexity index is 852.